The molecule has 1 aromatic rings. The molecule has 0 N–H and O–H groups in total. The molecule has 0 fully saturated rings. The van der Waals surface area contributed by atoms with E-state index in [2.05, 4.69) is 46.0 Å². The van der Waals surface area contributed by atoms with Gasteiger partial charge in [-0.1, -0.05) is 52.1 Å². The summed E-state index contributed by atoms with van der Waals surface area (Å²) in [6, 6.07) is 8.34. The van der Waals surface area contributed by atoms with Crippen LogP contribution in [0.5, 0.6) is 5.75 Å². The fourth-order valence-electron chi connectivity index (χ4n) is 1.64. The summed E-state index contributed by atoms with van der Waals surface area (Å²) >= 11 is 0. The van der Waals surface area contributed by atoms with Crippen molar-refractivity contribution in [3.63, 3.8) is 0 Å². The highest BCUT2D eigenvalue weighted by atomic mass is 28.3. The largest absolute Gasteiger partial charge is 0.468 e. The van der Waals surface area contributed by atoms with Gasteiger partial charge in [-0.2, -0.15) is 0 Å². The highest BCUT2D eigenvalue weighted by Gasteiger charge is 2.38. The minimum Gasteiger partial charge on any atom is -0.468 e. The maximum Gasteiger partial charge on any atom is 0.188 e. The van der Waals surface area contributed by atoms with Crippen molar-refractivity contribution in [3.8, 4) is 5.75 Å². The fraction of sp³-hybridized carbons (Fsp3) is 0.571. The van der Waals surface area contributed by atoms with Crippen molar-refractivity contribution in [2.45, 2.75) is 38.9 Å². The Hall–Kier alpha value is -0.803. The van der Waals surface area contributed by atoms with E-state index in [-0.39, 0.29) is 0 Å². The van der Waals surface area contributed by atoms with Crippen molar-refractivity contribution in [3.05, 3.63) is 24.3 Å². The second kappa shape index (κ2) is 5.23. The smallest absolute Gasteiger partial charge is 0.188 e. The first-order valence-electron chi connectivity index (χ1n) is 6.02. The molecule has 0 spiro atoms. The monoisotopic (exact) mass is 252 g/mol. The number of rotatable bonds is 4. The van der Waals surface area contributed by atoms with Crippen molar-refractivity contribution < 1.29 is 9.47 Å². The second-order valence-corrected chi connectivity index (χ2v) is 11.2. The molecule has 0 aliphatic rings. The van der Waals surface area contributed by atoms with Crippen LogP contribution in [0.3, 0.4) is 0 Å². The summed E-state index contributed by atoms with van der Waals surface area (Å²) in [6.45, 7) is 12.0. The summed E-state index contributed by atoms with van der Waals surface area (Å²) in [5.41, 5.74) is 0. The molecule has 0 saturated carbocycles. The molecule has 0 unspecified atom stereocenters. The topological polar surface area (TPSA) is 18.5 Å². The van der Waals surface area contributed by atoms with E-state index in [4.69, 9.17) is 9.47 Å². The predicted molar refractivity (Wildman–Crippen MR) is 75.8 cm³/mol. The molecular weight excluding hydrogens is 228 g/mol. The third kappa shape index (κ3) is 3.10. The summed E-state index contributed by atoms with van der Waals surface area (Å²) in [6.07, 6.45) is 0. The van der Waals surface area contributed by atoms with Gasteiger partial charge < -0.3 is 9.47 Å². The van der Waals surface area contributed by atoms with Crippen molar-refractivity contribution in [1.82, 2.24) is 0 Å². The second-order valence-electron chi connectivity index (χ2n) is 5.92. The molecule has 0 atom stereocenters. The van der Waals surface area contributed by atoms with Crippen LogP contribution < -0.4 is 9.92 Å². The summed E-state index contributed by atoms with van der Waals surface area (Å²) in [7, 11) is 0.0916. The van der Waals surface area contributed by atoms with E-state index in [9.17, 15) is 0 Å². The summed E-state index contributed by atoms with van der Waals surface area (Å²) in [5.74, 6) is 0.973. The first-order valence-corrected chi connectivity index (χ1v) is 9.02. The quantitative estimate of drug-likeness (QED) is 0.604. The molecule has 0 radical (unpaired) electrons. The molecule has 0 aliphatic heterocycles. The van der Waals surface area contributed by atoms with Crippen LogP contribution in [0, 0.1) is 0 Å². The Balaban J connectivity index is 3.12. The average molecular weight is 252 g/mol. The lowest BCUT2D eigenvalue weighted by molar-refractivity contribution is 0.0518. The first-order chi connectivity index (χ1) is 7.80. The molecule has 1 aromatic carbocycles. The normalized spacial score (nSPS) is 12.6. The maximum absolute atomic E-state index is 5.68. The molecule has 0 heterocycles. The SMILES string of the molecule is COCOc1ccccc1[Si](C)(C)C(C)(C)C. The van der Waals surface area contributed by atoms with Gasteiger partial charge in [-0.3, -0.25) is 0 Å². The van der Waals surface area contributed by atoms with E-state index in [1.807, 2.05) is 12.1 Å². The molecule has 1 rings (SSSR count). The number of para-hydroxylation sites is 1. The molecule has 3 heteroatoms. The Morgan fingerprint density at radius 2 is 1.71 bits per heavy atom. The van der Waals surface area contributed by atoms with Crippen LogP contribution in [-0.2, 0) is 4.74 Å². The van der Waals surface area contributed by atoms with Gasteiger partial charge in [-0.15, -0.1) is 0 Å². The fourth-order valence-corrected chi connectivity index (χ4v) is 3.73. The van der Waals surface area contributed by atoms with Gasteiger partial charge in [0.25, 0.3) is 0 Å². The zero-order valence-corrected chi connectivity index (χ0v) is 12.8. The lowest BCUT2D eigenvalue weighted by Crippen LogP contribution is -2.49. The predicted octanol–water partition coefficient (Wildman–Crippen LogP) is 3.38. The van der Waals surface area contributed by atoms with Crippen LogP contribution in [0.4, 0.5) is 0 Å². The van der Waals surface area contributed by atoms with Gasteiger partial charge in [-0.25, -0.2) is 0 Å². The zero-order valence-electron chi connectivity index (χ0n) is 11.8. The van der Waals surface area contributed by atoms with E-state index in [0.717, 1.165) is 5.75 Å². The molecule has 0 amide bonds. The van der Waals surface area contributed by atoms with E-state index >= 15 is 0 Å². The molecule has 0 aliphatic carbocycles. The molecule has 0 bridgehead atoms. The first kappa shape index (κ1) is 14.3. The minimum atomic E-state index is -1.56. The highest BCUT2D eigenvalue weighted by Crippen LogP contribution is 2.37. The van der Waals surface area contributed by atoms with Gasteiger partial charge in [0.1, 0.15) is 5.75 Å². The lowest BCUT2D eigenvalue weighted by Gasteiger charge is -2.38. The van der Waals surface area contributed by atoms with Crippen molar-refractivity contribution in [1.29, 1.82) is 0 Å². The maximum atomic E-state index is 5.68. The Morgan fingerprint density at radius 3 is 2.24 bits per heavy atom. The van der Waals surface area contributed by atoms with Gasteiger partial charge in [-0.05, 0) is 16.3 Å². The van der Waals surface area contributed by atoms with E-state index < -0.39 is 8.07 Å². The lowest BCUT2D eigenvalue weighted by atomic mass is 10.2. The van der Waals surface area contributed by atoms with Gasteiger partial charge in [0, 0.05) is 7.11 Å². The molecule has 0 saturated heterocycles. The number of methoxy groups -OCH3 is 1. The van der Waals surface area contributed by atoms with Gasteiger partial charge in [0.05, 0.1) is 8.07 Å². The number of benzene rings is 1. The third-order valence-corrected chi connectivity index (χ3v) is 9.28. The minimum absolute atomic E-state index is 0.305. The van der Waals surface area contributed by atoms with Crippen LogP contribution in [0.1, 0.15) is 20.8 Å². The Kier molecular flexibility index (Phi) is 4.39. The van der Waals surface area contributed by atoms with Crippen molar-refractivity contribution >= 4 is 13.3 Å². The van der Waals surface area contributed by atoms with E-state index in [1.165, 1.54) is 5.19 Å². The summed E-state index contributed by atoms with van der Waals surface area (Å²) in [4.78, 5) is 0. The van der Waals surface area contributed by atoms with Crippen LogP contribution in [0.25, 0.3) is 0 Å². The highest BCUT2D eigenvalue weighted by molar-refractivity contribution is 6.92. The molecule has 96 valence electrons. The third-order valence-electron chi connectivity index (χ3n) is 3.77. The van der Waals surface area contributed by atoms with Gasteiger partial charge in [0.15, 0.2) is 6.79 Å². The standard InChI is InChI=1S/C14H24O2Si/c1-14(2,3)17(5,6)13-10-8-7-9-12(13)16-11-15-4/h7-10H,11H2,1-6H3. The Labute approximate surface area is 106 Å². The number of hydrogen-bond donors (Lipinski definition) is 0. The molecular formula is C14H24O2Si. The van der Waals surface area contributed by atoms with E-state index in [1.54, 1.807) is 7.11 Å². The van der Waals surface area contributed by atoms with Crippen LogP contribution in [-0.4, -0.2) is 22.0 Å². The van der Waals surface area contributed by atoms with E-state index in [0.29, 0.717) is 11.8 Å². The van der Waals surface area contributed by atoms with Crippen LogP contribution in [0.15, 0.2) is 24.3 Å². The van der Waals surface area contributed by atoms with Crippen LogP contribution in [0.2, 0.25) is 18.1 Å². The Bertz CT molecular complexity index is 367. The van der Waals surface area contributed by atoms with Gasteiger partial charge in [0.2, 0.25) is 0 Å². The van der Waals surface area contributed by atoms with Crippen LogP contribution >= 0.6 is 0 Å². The Morgan fingerprint density at radius 1 is 1.12 bits per heavy atom. The zero-order chi connectivity index (χ0) is 13.1. The molecule has 17 heavy (non-hydrogen) atoms. The number of ether oxygens (including phenoxy) is 2. The summed E-state index contributed by atoms with van der Waals surface area (Å²) < 4.78 is 10.7. The molecule has 0 aromatic heterocycles. The van der Waals surface area contributed by atoms with Crippen molar-refractivity contribution in [2.75, 3.05) is 13.9 Å². The molecule has 2 nitrogen and oxygen atoms in total. The summed E-state index contributed by atoms with van der Waals surface area (Å²) in [5, 5.41) is 1.67. The van der Waals surface area contributed by atoms with Gasteiger partial charge >= 0.3 is 0 Å². The number of hydrogen-bond acceptors (Lipinski definition) is 2. The average Bonchev–Trinajstić information content (AvgIpc) is 2.25. The van der Waals surface area contributed by atoms with Crippen molar-refractivity contribution in [2.24, 2.45) is 0 Å².